The molecule has 0 bridgehead atoms. The Morgan fingerprint density at radius 1 is 0.594 bits per heavy atom. The molecule has 0 aromatic heterocycles. The predicted octanol–water partition coefficient (Wildman–Crippen LogP) is -3.06. The van der Waals surface area contributed by atoms with Crippen LogP contribution in [0.1, 0.15) is 34.6 Å². The lowest BCUT2D eigenvalue weighted by Crippen LogP contribution is -2.56. The Morgan fingerprint density at radius 3 is 1.06 bits per heavy atom. The van der Waals surface area contributed by atoms with Gasteiger partial charge >= 0.3 is 5.97 Å². The van der Waals surface area contributed by atoms with Crippen LogP contribution in [0.25, 0.3) is 0 Å². The molecule has 4 unspecified atom stereocenters. The molecule has 1 N–H and O–H groups in total. The summed E-state index contributed by atoms with van der Waals surface area (Å²) >= 11 is 0. The zero-order valence-corrected chi connectivity index (χ0v) is 19.7. The number of hydrogen-bond acceptors (Lipinski definition) is 10. The maximum absolute atomic E-state index is 12.0. The lowest BCUT2D eigenvalue weighted by Gasteiger charge is -2.39. The van der Waals surface area contributed by atoms with Crippen LogP contribution in [0.5, 0.6) is 0 Å². The summed E-state index contributed by atoms with van der Waals surface area (Å²) in [5, 5.41) is 32.5. The van der Waals surface area contributed by atoms with Gasteiger partial charge in [0.25, 0.3) is 0 Å². The number of carboxylic acid groups (broad SMARTS) is 3. The molecule has 0 aromatic carbocycles. The molecule has 32 heavy (non-hydrogen) atoms. The number of carboxylic acids is 3. The number of aliphatic carboxylic acids is 3. The molecule has 0 saturated carbocycles. The van der Waals surface area contributed by atoms with Crippen LogP contribution in [-0.4, -0.2) is 125 Å². The van der Waals surface area contributed by atoms with Gasteiger partial charge < -0.3 is 24.9 Å². The smallest absolute Gasteiger partial charge is 0.320 e. The molecular weight excluding hydrogens is 420 g/mol. The summed E-state index contributed by atoms with van der Waals surface area (Å²) in [5.74, 6) is -3.51. The number of hydrogen-bond donors (Lipinski definition) is 1. The van der Waals surface area contributed by atoms with E-state index in [0.29, 0.717) is 26.2 Å². The standard InChI is InChI=1S/C21H38N4O7/c1-14(18(5)26)22-6-8-23(15(2)19(27)28)10-12-25(17(4)21(31)32)13-11-24(9-7-22)16(3)20(29)30/h14-17H,6-13H2,1-5H3,(H,27,28)(H,29,30)(H,31,32)/p-2. The number of nitrogens with zero attached hydrogens (tertiary/aromatic N) is 4. The van der Waals surface area contributed by atoms with Crippen LogP contribution < -0.4 is 10.2 Å². The fraction of sp³-hybridized carbons (Fsp3) is 0.810. The minimum atomic E-state index is -1.23. The van der Waals surface area contributed by atoms with Crippen LogP contribution >= 0.6 is 0 Å². The van der Waals surface area contributed by atoms with E-state index in [0.717, 1.165) is 0 Å². The highest BCUT2D eigenvalue weighted by Crippen LogP contribution is 2.10. The highest BCUT2D eigenvalue weighted by molar-refractivity contribution is 5.81. The Bertz CT molecular complexity index is 547. The number of carbonyl (C=O) groups excluding carboxylic acids is 3. The van der Waals surface area contributed by atoms with Gasteiger partial charge in [-0.3, -0.25) is 29.2 Å². The molecule has 1 saturated heterocycles. The summed E-state index contributed by atoms with van der Waals surface area (Å²) in [6.07, 6.45) is 0. The van der Waals surface area contributed by atoms with E-state index in [1.807, 2.05) is 4.90 Å². The predicted molar refractivity (Wildman–Crippen MR) is 112 cm³/mol. The van der Waals surface area contributed by atoms with Crippen molar-refractivity contribution in [2.45, 2.75) is 58.8 Å². The molecule has 0 radical (unpaired) electrons. The molecule has 1 aliphatic rings. The van der Waals surface area contributed by atoms with Gasteiger partial charge in [-0.2, -0.15) is 0 Å². The van der Waals surface area contributed by atoms with Crippen molar-refractivity contribution in [3.63, 3.8) is 0 Å². The number of carbonyl (C=O) groups is 4. The van der Waals surface area contributed by atoms with Crippen LogP contribution in [0.2, 0.25) is 0 Å². The highest BCUT2D eigenvalue weighted by Gasteiger charge is 2.27. The van der Waals surface area contributed by atoms with Gasteiger partial charge in [0.1, 0.15) is 11.8 Å². The molecule has 0 spiro atoms. The average Bonchev–Trinajstić information content (AvgIpc) is 2.72. The molecule has 1 aliphatic heterocycles. The van der Waals surface area contributed by atoms with Crippen molar-refractivity contribution < 1.29 is 34.5 Å². The van der Waals surface area contributed by atoms with E-state index in [1.54, 1.807) is 28.5 Å². The minimum Gasteiger partial charge on any atom is -0.548 e. The van der Waals surface area contributed by atoms with Crippen LogP contribution in [0.15, 0.2) is 0 Å². The Labute approximate surface area is 189 Å². The van der Waals surface area contributed by atoms with Gasteiger partial charge in [0.05, 0.1) is 18.0 Å². The van der Waals surface area contributed by atoms with Crippen LogP contribution in [0.4, 0.5) is 0 Å². The second-order valence-electron chi connectivity index (χ2n) is 8.43. The van der Waals surface area contributed by atoms with E-state index >= 15 is 0 Å². The molecular formula is C21H36N4O7-2. The maximum atomic E-state index is 12.0. The van der Waals surface area contributed by atoms with E-state index in [4.69, 9.17) is 0 Å². The summed E-state index contributed by atoms with van der Waals surface area (Å²) in [4.78, 5) is 53.6. The fourth-order valence-electron chi connectivity index (χ4n) is 3.74. The Morgan fingerprint density at radius 2 is 0.844 bits per heavy atom. The third kappa shape index (κ3) is 8.12. The van der Waals surface area contributed by atoms with Crippen molar-refractivity contribution in [1.29, 1.82) is 0 Å². The Kier molecular flexibility index (Phi) is 11.2. The molecule has 0 aliphatic carbocycles. The van der Waals surface area contributed by atoms with Crippen molar-refractivity contribution in [1.82, 2.24) is 19.6 Å². The lowest BCUT2D eigenvalue weighted by molar-refractivity contribution is -0.312. The first-order valence-electron chi connectivity index (χ1n) is 11.0. The van der Waals surface area contributed by atoms with E-state index in [2.05, 4.69) is 0 Å². The number of Topliss-reactive ketones (excluding diaryl/α,β-unsaturated/α-hetero) is 1. The third-order valence-electron chi connectivity index (χ3n) is 6.52. The molecule has 1 heterocycles. The summed E-state index contributed by atoms with van der Waals surface area (Å²) in [5.41, 5.74) is 0. The maximum Gasteiger partial charge on any atom is 0.320 e. The lowest BCUT2D eigenvalue weighted by atomic mass is 10.1. The summed E-state index contributed by atoms with van der Waals surface area (Å²) in [6, 6.07) is -3.01. The van der Waals surface area contributed by atoms with E-state index < -0.39 is 42.1 Å². The van der Waals surface area contributed by atoms with Crippen molar-refractivity contribution >= 4 is 23.7 Å². The second kappa shape index (κ2) is 12.8. The third-order valence-corrected chi connectivity index (χ3v) is 6.52. The van der Waals surface area contributed by atoms with E-state index in [1.165, 1.54) is 20.8 Å². The number of ketones is 1. The second-order valence-corrected chi connectivity index (χ2v) is 8.43. The van der Waals surface area contributed by atoms with Gasteiger partial charge in [-0.25, -0.2) is 0 Å². The molecule has 11 heteroatoms. The van der Waals surface area contributed by atoms with E-state index in [9.17, 15) is 34.5 Å². The van der Waals surface area contributed by atoms with Gasteiger partial charge in [-0.05, 0) is 34.6 Å². The largest absolute Gasteiger partial charge is 0.548 e. The van der Waals surface area contributed by atoms with Crippen LogP contribution in [-0.2, 0) is 19.2 Å². The topological polar surface area (TPSA) is 148 Å². The molecule has 1 fully saturated rings. The minimum absolute atomic E-state index is 0.0439. The summed E-state index contributed by atoms with van der Waals surface area (Å²) in [7, 11) is 0. The Balaban J connectivity index is 3.21. The van der Waals surface area contributed by atoms with Crippen molar-refractivity contribution in [3.8, 4) is 0 Å². The van der Waals surface area contributed by atoms with Gasteiger partial charge in [0.15, 0.2) is 0 Å². The molecule has 184 valence electrons. The molecule has 11 nitrogen and oxygen atoms in total. The highest BCUT2D eigenvalue weighted by atomic mass is 16.4. The normalized spacial score (nSPS) is 22.7. The zero-order valence-electron chi connectivity index (χ0n) is 19.7. The summed E-state index contributed by atoms with van der Waals surface area (Å²) < 4.78 is 0. The first-order valence-corrected chi connectivity index (χ1v) is 11.0. The van der Waals surface area contributed by atoms with Crippen LogP contribution in [0, 0.1) is 0 Å². The first kappa shape index (κ1) is 28.0. The van der Waals surface area contributed by atoms with Gasteiger partial charge in [-0.1, -0.05) is 0 Å². The van der Waals surface area contributed by atoms with Crippen molar-refractivity contribution in [2.75, 3.05) is 52.4 Å². The van der Waals surface area contributed by atoms with Crippen molar-refractivity contribution in [3.05, 3.63) is 0 Å². The van der Waals surface area contributed by atoms with E-state index in [-0.39, 0.29) is 32.0 Å². The SMILES string of the molecule is CC(=O)C(C)N1CCN(C(C)C(=O)[O-])CCN(C(C)C(=O)O)CCN(C(C)C(=O)[O-])CC1. The zero-order chi connectivity index (χ0) is 24.6. The average molecular weight is 457 g/mol. The van der Waals surface area contributed by atoms with Crippen LogP contribution in [0.3, 0.4) is 0 Å². The van der Waals surface area contributed by atoms with Crippen molar-refractivity contribution in [2.24, 2.45) is 0 Å². The molecule has 1 rings (SSSR count). The monoisotopic (exact) mass is 456 g/mol. The molecule has 4 atom stereocenters. The Hall–Kier alpha value is -2.08. The number of rotatable bonds is 8. The van der Waals surface area contributed by atoms with Gasteiger partial charge in [0, 0.05) is 64.4 Å². The quantitative estimate of drug-likeness (QED) is 0.397. The first-order chi connectivity index (χ1) is 14.9. The van der Waals surface area contributed by atoms with Gasteiger partial charge in [-0.15, -0.1) is 0 Å². The summed E-state index contributed by atoms with van der Waals surface area (Å²) in [6.45, 7) is 10.4. The van der Waals surface area contributed by atoms with Gasteiger partial charge in [0.2, 0.25) is 0 Å². The fourth-order valence-corrected chi connectivity index (χ4v) is 3.74. The molecule has 0 amide bonds. The molecule has 0 aromatic rings.